The molecule has 5 nitrogen and oxygen atoms in total. The molecule has 2 aromatic carbocycles. The third-order valence-corrected chi connectivity index (χ3v) is 3.68. The smallest absolute Gasteiger partial charge is 0.238 e. The highest BCUT2D eigenvalue weighted by Crippen LogP contribution is 2.29. The second-order valence-electron chi connectivity index (χ2n) is 5.39. The molecule has 1 atom stereocenters. The Balaban J connectivity index is 1.93. The van der Waals surface area contributed by atoms with Crippen LogP contribution in [0.4, 0.5) is 14.5 Å². The minimum Gasteiger partial charge on any atom is -0.493 e. The van der Waals surface area contributed by atoms with Crippen molar-refractivity contribution in [2.24, 2.45) is 0 Å². The summed E-state index contributed by atoms with van der Waals surface area (Å²) in [6, 6.07) is 8.36. The maximum atomic E-state index is 13.3. The van der Waals surface area contributed by atoms with Gasteiger partial charge in [0, 0.05) is 17.8 Å². The van der Waals surface area contributed by atoms with Crippen molar-refractivity contribution in [3.63, 3.8) is 0 Å². The van der Waals surface area contributed by atoms with Gasteiger partial charge in [0.1, 0.15) is 0 Å². The summed E-state index contributed by atoms with van der Waals surface area (Å²) in [4.78, 5) is 12.0. The van der Waals surface area contributed by atoms with Crippen LogP contribution in [-0.2, 0) is 4.79 Å². The van der Waals surface area contributed by atoms with Crippen molar-refractivity contribution in [1.82, 2.24) is 5.32 Å². The van der Waals surface area contributed by atoms with Gasteiger partial charge in [0.2, 0.25) is 5.91 Å². The van der Waals surface area contributed by atoms with Crippen LogP contribution < -0.4 is 20.1 Å². The molecule has 1 amide bonds. The van der Waals surface area contributed by atoms with Crippen molar-refractivity contribution in [3.05, 3.63) is 53.6 Å². The van der Waals surface area contributed by atoms with Crippen LogP contribution in [0.25, 0.3) is 0 Å². The molecule has 0 heterocycles. The van der Waals surface area contributed by atoms with Crippen molar-refractivity contribution < 1.29 is 23.0 Å². The fourth-order valence-electron chi connectivity index (χ4n) is 2.26. The molecule has 134 valence electrons. The summed E-state index contributed by atoms with van der Waals surface area (Å²) >= 11 is 0. The topological polar surface area (TPSA) is 59.6 Å². The molecule has 0 saturated heterocycles. The second kappa shape index (κ2) is 8.43. The summed E-state index contributed by atoms with van der Waals surface area (Å²) in [6.07, 6.45) is 0. The number of ether oxygens (including phenoxy) is 2. The number of benzene rings is 2. The number of carbonyl (C=O) groups is 1. The lowest BCUT2D eigenvalue weighted by atomic mass is 10.1. The van der Waals surface area contributed by atoms with Crippen molar-refractivity contribution in [3.8, 4) is 11.5 Å². The molecule has 2 N–H and O–H groups in total. The van der Waals surface area contributed by atoms with Crippen LogP contribution in [-0.4, -0.2) is 26.7 Å². The maximum absolute atomic E-state index is 13.3. The van der Waals surface area contributed by atoms with Crippen LogP contribution in [0.3, 0.4) is 0 Å². The largest absolute Gasteiger partial charge is 0.493 e. The minimum atomic E-state index is -0.916. The normalized spacial score (nSPS) is 11.7. The molecule has 0 aromatic heterocycles. The number of hydrogen-bond acceptors (Lipinski definition) is 4. The van der Waals surface area contributed by atoms with E-state index < -0.39 is 11.6 Å². The van der Waals surface area contributed by atoms with Gasteiger partial charge in [-0.05, 0) is 36.8 Å². The Hall–Kier alpha value is -2.67. The number of nitrogens with one attached hydrogen (secondary N) is 2. The molecule has 25 heavy (non-hydrogen) atoms. The lowest BCUT2D eigenvalue weighted by Crippen LogP contribution is -2.30. The van der Waals surface area contributed by atoms with Crippen LogP contribution in [0.5, 0.6) is 11.5 Å². The number of anilines is 1. The minimum absolute atomic E-state index is 0.00844. The zero-order chi connectivity index (χ0) is 18.4. The summed E-state index contributed by atoms with van der Waals surface area (Å²) in [6.45, 7) is 1.77. The highest BCUT2D eigenvalue weighted by Gasteiger charge is 2.12. The summed E-state index contributed by atoms with van der Waals surface area (Å²) in [7, 11) is 3.04. The van der Waals surface area contributed by atoms with Crippen LogP contribution >= 0.6 is 0 Å². The number of rotatable bonds is 7. The molecule has 2 aromatic rings. The van der Waals surface area contributed by atoms with E-state index >= 15 is 0 Å². The van der Waals surface area contributed by atoms with Gasteiger partial charge in [-0.2, -0.15) is 0 Å². The summed E-state index contributed by atoms with van der Waals surface area (Å²) in [5.74, 6) is -1.03. The van der Waals surface area contributed by atoms with Gasteiger partial charge < -0.3 is 20.1 Å². The molecule has 2 rings (SSSR count). The van der Waals surface area contributed by atoms with E-state index in [0.29, 0.717) is 22.7 Å². The van der Waals surface area contributed by atoms with E-state index in [1.165, 1.54) is 20.3 Å². The molecule has 0 spiro atoms. The van der Waals surface area contributed by atoms with Gasteiger partial charge >= 0.3 is 0 Å². The van der Waals surface area contributed by atoms with Gasteiger partial charge in [0.05, 0.1) is 20.8 Å². The van der Waals surface area contributed by atoms with Gasteiger partial charge in [-0.3, -0.25) is 4.79 Å². The predicted molar refractivity (Wildman–Crippen MR) is 91.0 cm³/mol. The van der Waals surface area contributed by atoms with Crippen LogP contribution in [0.2, 0.25) is 0 Å². The molecule has 7 heteroatoms. The Morgan fingerprint density at radius 2 is 1.76 bits per heavy atom. The lowest BCUT2D eigenvalue weighted by Gasteiger charge is -2.15. The summed E-state index contributed by atoms with van der Waals surface area (Å²) in [5, 5.41) is 5.68. The molecule has 0 unspecified atom stereocenters. The van der Waals surface area contributed by atoms with Gasteiger partial charge in [-0.1, -0.05) is 6.07 Å². The molecule has 0 aliphatic carbocycles. The van der Waals surface area contributed by atoms with Crippen LogP contribution in [0.15, 0.2) is 36.4 Å². The number of methoxy groups -OCH3 is 2. The van der Waals surface area contributed by atoms with E-state index in [9.17, 15) is 13.6 Å². The number of carbonyl (C=O) groups excluding carboxylic acids is 1. The fourth-order valence-corrected chi connectivity index (χ4v) is 2.26. The molecule has 0 fully saturated rings. The Morgan fingerprint density at radius 3 is 2.40 bits per heavy atom. The van der Waals surface area contributed by atoms with Gasteiger partial charge in [0.15, 0.2) is 23.1 Å². The quantitative estimate of drug-likeness (QED) is 0.805. The predicted octanol–water partition coefficient (Wildman–Crippen LogP) is 3.27. The monoisotopic (exact) mass is 350 g/mol. The average Bonchev–Trinajstić information content (AvgIpc) is 2.61. The maximum Gasteiger partial charge on any atom is 0.238 e. The van der Waals surface area contributed by atoms with Crippen molar-refractivity contribution in [2.75, 3.05) is 26.1 Å². The molecular formula is C18H20F2N2O3. The third kappa shape index (κ3) is 4.90. The van der Waals surface area contributed by atoms with Crippen molar-refractivity contribution in [1.29, 1.82) is 0 Å². The highest BCUT2D eigenvalue weighted by molar-refractivity contribution is 5.92. The van der Waals surface area contributed by atoms with E-state index in [4.69, 9.17) is 9.47 Å². The molecule has 0 aliphatic heterocycles. The van der Waals surface area contributed by atoms with E-state index in [1.54, 1.807) is 25.1 Å². The van der Waals surface area contributed by atoms with Gasteiger partial charge in [-0.25, -0.2) is 8.78 Å². The standard InChI is InChI=1S/C18H20F2N2O3/c1-11(12-4-6-14(19)15(20)8-12)21-10-18(23)22-13-5-7-16(24-2)17(9-13)25-3/h4-9,11,21H,10H2,1-3H3,(H,22,23)/t11-/m0/s1. The van der Waals surface area contributed by atoms with E-state index in [2.05, 4.69) is 10.6 Å². The van der Waals surface area contributed by atoms with Crippen molar-refractivity contribution in [2.45, 2.75) is 13.0 Å². The third-order valence-electron chi connectivity index (χ3n) is 3.68. The summed E-state index contributed by atoms with van der Waals surface area (Å²) in [5.41, 5.74) is 1.11. The van der Waals surface area contributed by atoms with E-state index in [0.717, 1.165) is 12.1 Å². The van der Waals surface area contributed by atoms with Crippen LogP contribution in [0.1, 0.15) is 18.5 Å². The number of halogens is 2. The molecule has 0 bridgehead atoms. The van der Waals surface area contributed by atoms with E-state index in [1.807, 2.05) is 0 Å². The molecule has 0 radical (unpaired) electrons. The SMILES string of the molecule is COc1ccc(NC(=O)CN[C@@H](C)c2ccc(F)c(F)c2)cc1OC. The molecule has 0 saturated carbocycles. The first kappa shape index (κ1) is 18.7. The zero-order valence-electron chi connectivity index (χ0n) is 14.2. The van der Waals surface area contributed by atoms with Crippen molar-refractivity contribution >= 4 is 11.6 Å². The number of hydrogen-bond donors (Lipinski definition) is 2. The first-order valence-electron chi connectivity index (χ1n) is 7.64. The second-order valence-corrected chi connectivity index (χ2v) is 5.39. The Morgan fingerprint density at radius 1 is 1.04 bits per heavy atom. The Kier molecular flexibility index (Phi) is 6.30. The Bertz CT molecular complexity index is 753. The zero-order valence-corrected chi connectivity index (χ0v) is 14.2. The molecular weight excluding hydrogens is 330 g/mol. The summed E-state index contributed by atoms with van der Waals surface area (Å²) < 4.78 is 36.5. The first-order valence-corrected chi connectivity index (χ1v) is 7.64. The Labute approximate surface area is 144 Å². The van der Waals surface area contributed by atoms with Crippen LogP contribution in [0, 0.1) is 11.6 Å². The van der Waals surface area contributed by atoms with Gasteiger partial charge in [0.25, 0.3) is 0 Å². The fraction of sp³-hybridized carbons (Fsp3) is 0.278. The van der Waals surface area contributed by atoms with E-state index in [-0.39, 0.29) is 18.5 Å². The lowest BCUT2D eigenvalue weighted by molar-refractivity contribution is -0.115. The van der Waals surface area contributed by atoms with Gasteiger partial charge in [-0.15, -0.1) is 0 Å². The average molecular weight is 350 g/mol. The number of amides is 1. The first-order chi connectivity index (χ1) is 11.9. The molecule has 0 aliphatic rings. The highest BCUT2D eigenvalue weighted by atomic mass is 19.2.